The van der Waals surface area contributed by atoms with Crippen molar-refractivity contribution in [1.29, 1.82) is 0 Å². The lowest BCUT2D eigenvalue weighted by Gasteiger charge is -2.36. The molecule has 0 aliphatic carbocycles. The van der Waals surface area contributed by atoms with Crippen LogP contribution in [0.1, 0.15) is 82.1 Å². The molecular weight excluding hydrogens is 358 g/mol. The molecule has 0 aliphatic rings. The molecule has 0 heterocycles. The van der Waals surface area contributed by atoms with Gasteiger partial charge >= 0.3 is 0 Å². The topological polar surface area (TPSA) is 74.2 Å². The van der Waals surface area contributed by atoms with Crippen LogP contribution in [0.3, 0.4) is 0 Å². The molecule has 5 unspecified atom stereocenters. The van der Waals surface area contributed by atoms with Crippen molar-refractivity contribution < 1.29 is 23.8 Å². The Balaban J connectivity index is 5.42. The highest BCUT2D eigenvalue weighted by molar-refractivity contribution is 6.00. The number of ketones is 2. The quantitative estimate of drug-likeness (QED) is 0.360. The Labute approximate surface area is 171 Å². The van der Waals surface area contributed by atoms with Crippen molar-refractivity contribution in [2.45, 2.75) is 111 Å². The number of Topliss-reactive ketones (excluding diaryl/α,β-unsaturated/α-hetero) is 2. The summed E-state index contributed by atoms with van der Waals surface area (Å²) in [5.41, 5.74) is -2.38. The maximum Gasteiger partial charge on any atom is 0.192 e. The maximum absolute atomic E-state index is 13.0. The van der Waals surface area contributed by atoms with Crippen LogP contribution in [-0.2, 0) is 23.8 Å². The number of ether oxygens (including phenoxy) is 3. The molecule has 0 aliphatic heterocycles. The highest BCUT2D eigenvalue weighted by atomic mass is 16.7. The van der Waals surface area contributed by atoms with Gasteiger partial charge in [-0.1, -0.05) is 20.8 Å². The van der Waals surface area contributed by atoms with Gasteiger partial charge in [-0.15, -0.1) is 0 Å². The molecule has 0 spiro atoms. The Morgan fingerprint density at radius 3 is 1.75 bits per heavy atom. The van der Waals surface area contributed by atoms with Crippen LogP contribution in [0.2, 0.25) is 0 Å². The van der Waals surface area contributed by atoms with Crippen LogP contribution in [-0.4, -0.2) is 54.0 Å². The summed E-state index contributed by atoms with van der Waals surface area (Å²) in [6.45, 7) is 18.4. The third-order valence-electron chi connectivity index (χ3n) is 5.05. The summed E-state index contributed by atoms with van der Waals surface area (Å²) in [4.78, 5) is 30.5. The highest BCUT2D eigenvalue weighted by Gasteiger charge is 2.43. The fourth-order valence-corrected chi connectivity index (χ4v) is 2.80. The van der Waals surface area contributed by atoms with E-state index in [2.05, 4.69) is 4.99 Å². The Kier molecular flexibility index (Phi) is 10.2. The molecule has 28 heavy (non-hydrogen) atoms. The highest BCUT2D eigenvalue weighted by Crippen LogP contribution is 2.27. The summed E-state index contributed by atoms with van der Waals surface area (Å²) < 4.78 is 17.0. The van der Waals surface area contributed by atoms with Crippen LogP contribution < -0.4 is 0 Å². The smallest absolute Gasteiger partial charge is 0.192 e. The average Bonchev–Trinajstić information content (AvgIpc) is 2.63. The molecule has 0 bridgehead atoms. The Bertz CT molecular complexity index is 554. The number of rotatable bonds is 12. The van der Waals surface area contributed by atoms with Gasteiger partial charge in [-0.3, -0.25) is 14.6 Å². The maximum atomic E-state index is 13.0. The van der Waals surface area contributed by atoms with Gasteiger partial charge in [0.05, 0.1) is 11.5 Å². The number of carbonyl (C=O) groups excluding carboxylic acids is 2. The first-order valence-electron chi connectivity index (χ1n) is 10.2. The van der Waals surface area contributed by atoms with E-state index in [1.54, 1.807) is 40.8 Å². The molecule has 0 fully saturated rings. The fraction of sp³-hybridized carbons (Fsp3) is 0.864. The minimum Gasteiger partial charge on any atom is -0.357 e. The molecule has 0 saturated carbocycles. The molecule has 0 radical (unpaired) electrons. The lowest BCUT2D eigenvalue weighted by molar-refractivity contribution is -0.202. The van der Waals surface area contributed by atoms with Gasteiger partial charge in [-0.05, 0) is 61.3 Å². The summed E-state index contributed by atoms with van der Waals surface area (Å²) in [7, 11) is 1.53. The molecule has 0 rings (SSSR count). The summed E-state index contributed by atoms with van der Waals surface area (Å²) in [6, 6.07) is 0. The largest absolute Gasteiger partial charge is 0.357 e. The van der Waals surface area contributed by atoms with E-state index in [0.717, 1.165) is 0 Å². The monoisotopic (exact) mass is 399 g/mol. The van der Waals surface area contributed by atoms with Crippen LogP contribution in [0.5, 0.6) is 0 Å². The summed E-state index contributed by atoms with van der Waals surface area (Å²) in [5, 5.41) is 0. The van der Waals surface area contributed by atoms with E-state index in [4.69, 9.17) is 14.2 Å². The second-order valence-electron chi connectivity index (χ2n) is 8.82. The van der Waals surface area contributed by atoms with Crippen LogP contribution in [0.15, 0.2) is 4.99 Å². The number of carbonyl (C=O) groups is 2. The van der Waals surface area contributed by atoms with E-state index >= 15 is 0 Å². The van der Waals surface area contributed by atoms with E-state index < -0.39 is 29.5 Å². The molecule has 5 atom stereocenters. The van der Waals surface area contributed by atoms with E-state index in [0.29, 0.717) is 12.8 Å². The first-order chi connectivity index (χ1) is 12.7. The van der Waals surface area contributed by atoms with Crippen LogP contribution in [0, 0.1) is 5.92 Å². The van der Waals surface area contributed by atoms with Crippen molar-refractivity contribution >= 4 is 17.8 Å². The Hall–Kier alpha value is -1.11. The predicted molar refractivity (Wildman–Crippen MR) is 113 cm³/mol. The zero-order valence-electron chi connectivity index (χ0n) is 19.7. The molecule has 0 N–H and O–H groups in total. The lowest BCUT2D eigenvalue weighted by Crippen LogP contribution is -2.51. The van der Waals surface area contributed by atoms with Crippen molar-refractivity contribution in [1.82, 2.24) is 0 Å². The number of aliphatic imine (C=N–C) groups is 1. The summed E-state index contributed by atoms with van der Waals surface area (Å²) in [5.74, 6) is -0.705. The SMILES string of the molecule is CCC(C)(OC(C)C(=O)C(C)(CC)OC(C)OC)C(=O)C(C)C=NC(C)(C)C. The van der Waals surface area contributed by atoms with Crippen molar-refractivity contribution in [3.8, 4) is 0 Å². The Morgan fingerprint density at radius 1 is 0.893 bits per heavy atom. The molecule has 164 valence electrons. The number of hydrogen-bond donors (Lipinski definition) is 0. The van der Waals surface area contributed by atoms with E-state index in [9.17, 15) is 9.59 Å². The Morgan fingerprint density at radius 2 is 1.36 bits per heavy atom. The van der Waals surface area contributed by atoms with Gasteiger partial charge in [-0.2, -0.15) is 0 Å². The fourth-order valence-electron chi connectivity index (χ4n) is 2.80. The van der Waals surface area contributed by atoms with E-state index in [1.807, 2.05) is 34.6 Å². The number of hydrogen-bond acceptors (Lipinski definition) is 6. The number of nitrogens with zero attached hydrogens (tertiary/aromatic N) is 1. The van der Waals surface area contributed by atoms with Crippen molar-refractivity contribution in [3.63, 3.8) is 0 Å². The van der Waals surface area contributed by atoms with Gasteiger partial charge in [0.2, 0.25) is 0 Å². The molecule has 6 nitrogen and oxygen atoms in total. The minimum atomic E-state index is -1.08. The first kappa shape index (κ1) is 26.9. The van der Waals surface area contributed by atoms with Gasteiger partial charge in [-0.25, -0.2) is 0 Å². The molecular formula is C22H41NO5. The van der Waals surface area contributed by atoms with Gasteiger partial charge in [0, 0.05) is 13.3 Å². The number of methoxy groups -OCH3 is 1. The molecule has 0 aromatic rings. The minimum absolute atomic E-state index is 0.0907. The van der Waals surface area contributed by atoms with Crippen molar-refractivity contribution in [3.05, 3.63) is 0 Å². The molecule has 6 heteroatoms. The third-order valence-corrected chi connectivity index (χ3v) is 5.05. The van der Waals surface area contributed by atoms with Gasteiger partial charge in [0.25, 0.3) is 0 Å². The second-order valence-corrected chi connectivity index (χ2v) is 8.82. The van der Waals surface area contributed by atoms with E-state index in [-0.39, 0.29) is 17.1 Å². The van der Waals surface area contributed by atoms with Gasteiger partial charge in [0.15, 0.2) is 17.9 Å². The molecule has 0 aromatic heterocycles. The first-order valence-corrected chi connectivity index (χ1v) is 10.2. The zero-order chi connectivity index (χ0) is 22.3. The summed E-state index contributed by atoms with van der Waals surface area (Å²) >= 11 is 0. The lowest BCUT2D eigenvalue weighted by atomic mass is 9.88. The average molecular weight is 400 g/mol. The van der Waals surface area contributed by atoms with Crippen LogP contribution in [0.25, 0.3) is 0 Å². The van der Waals surface area contributed by atoms with Crippen molar-refractivity contribution in [2.75, 3.05) is 7.11 Å². The van der Waals surface area contributed by atoms with E-state index in [1.165, 1.54) is 7.11 Å². The van der Waals surface area contributed by atoms with Crippen LogP contribution >= 0.6 is 0 Å². The molecule has 0 saturated heterocycles. The van der Waals surface area contributed by atoms with Gasteiger partial charge in [0.1, 0.15) is 17.3 Å². The molecule has 0 amide bonds. The normalized spacial score (nSPS) is 20.2. The summed E-state index contributed by atoms with van der Waals surface area (Å²) in [6.07, 6.45) is 1.28. The second kappa shape index (κ2) is 10.6. The zero-order valence-corrected chi connectivity index (χ0v) is 19.7. The molecule has 0 aromatic carbocycles. The predicted octanol–water partition coefficient (Wildman–Crippen LogP) is 4.38. The third kappa shape index (κ3) is 7.72. The van der Waals surface area contributed by atoms with Gasteiger partial charge < -0.3 is 14.2 Å². The van der Waals surface area contributed by atoms with Crippen molar-refractivity contribution in [2.24, 2.45) is 10.9 Å². The van der Waals surface area contributed by atoms with Crippen LogP contribution in [0.4, 0.5) is 0 Å². The standard InChI is InChI=1S/C22H41NO5/c1-12-21(9,18(24)15(3)14-23-20(6,7)8)27-16(4)19(25)22(10,13-2)28-17(5)26-11/h14-17H,12-13H2,1-11H3.